The molecule has 0 fully saturated rings. The maximum Gasteiger partial charge on any atom is 0.260 e. The molecule has 30 heavy (non-hydrogen) atoms. The Labute approximate surface area is 177 Å². The van der Waals surface area contributed by atoms with Crippen LogP contribution >= 0.6 is 11.6 Å². The number of nitrogens with one attached hydrogen (secondary N) is 2. The minimum Gasteiger partial charge on any atom is -0.486 e. The zero-order chi connectivity index (χ0) is 21.7. The molecule has 0 aliphatic rings. The molecule has 7 nitrogen and oxygen atoms in total. The molecule has 4 N–H and O–H groups in total. The number of anilines is 2. The molecule has 0 bridgehead atoms. The van der Waals surface area contributed by atoms with E-state index in [1.54, 1.807) is 0 Å². The number of halogens is 2. The molecular formula is C21H18ClFN4O3. The van der Waals surface area contributed by atoms with Crippen molar-refractivity contribution in [1.82, 2.24) is 4.98 Å². The van der Waals surface area contributed by atoms with Crippen molar-refractivity contribution in [2.45, 2.75) is 6.61 Å². The van der Waals surface area contributed by atoms with Gasteiger partial charge in [0.2, 0.25) is 5.90 Å². The summed E-state index contributed by atoms with van der Waals surface area (Å²) in [4.78, 5) is 16.6. The maximum atomic E-state index is 15.0. The van der Waals surface area contributed by atoms with E-state index in [1.807, 2.05) is 30.3 Å². The number of nitrogens with two attached hydrogens (primary N) is 1. The van der Waals surface area contributed by atoms with E-state index in [-0.39, 0.29) is 45.9 Å². The predicted octanol–water partition coefficient (Wildman–Crippen LogP) is 4.26. The number of hydrogen-bond acceptors (Lipinski definition) is 6. The molecule has 3 rings (SSSR count). The minimum atomic E-state index is -0.885. The van der Waals surface area contributed by atoms with Crippen LogP contribution in [0.3, 0.4) is 0 Å². The van der Waals surface area contributed by atoms with E-state index in [1.165, 1.54) is 31.5 Å². The third kappa shape index (κ3) is 4.66. The van der Waals surface area contributed by atoms with Crippen LogP contribution in [0, 0.1) is 11.2 Å². The summed E-state index contributed by atoms with van der Waals surface area (Å²) in [5.74, 6) is -1.96. The normalized spacial score (nSPS) is 10.4. The fourth-order valence-corrected chi connectivity index (χ4v) is 2.85. The fraction of sp³-hybridized carbons (Fsp3) is 0.0952. The standard InChI is InChI=1S/C21H18ClFN4O3/c1-29-20(25)14-9-13(10-26-19(14)24)27-21(28)17-15(22)7-8-16(18(17)23)30-11-12-5-3-2-4-6-12/h2-10,25H,11H2,1H3,(H2,24,26)(H,27,28). The van der Waals surface area contributed by atoms with Crippen molar-refractivity contribution in [2.75, 3.05) is 18.2 Å². The Morgan fingerprint density at radius 2 is 2.00 bits per heavy atom. The van der Waals surface area contributed by atoms with Gasteiger partial charge >= 0.3 is 0 Å². The second kappa shape index (κ2) is 9.23. The van der Waals surface area contributed by atoms with Crippen LogP contribution in [0.15, 0.2) is 54.7 Å². The molecule has 1 amide bonds. The number of hydrogen-bond donors (Lipinski definition) is 3. The minimum absolute atomic E-state index is 0.0559. The van der Waals surface area contributed by atoms with Crippen LogP contribution < -0.4 is 15.8 Å². The molecule has 1 aromatic heterocycles. The van der Waals surface area contributed by atoms with Crippen molar-refractivity contribution < 1.29 is 18.7 Å². The van der Waals surface area contributed by atoms with Crippen molar-refractivity contribution in [1.29, 1.82) is 5.41 Å². The highest BCUT2D eigenvalue weighted by molar-refractivity contribution is 6.34. The first kappa shape index (κ1) is 21.1. The van der Waals surface area contributed by atoms with Crippen LogP contribution in [0.25, 0.3) is 0 Å². The lowest BCUT2D eigenvalue weighted by Crippen LogP contribution is -2.16. The lowest BCUT2D eigenvalue weighted by molar-refractivity contribution is 0.102. The van der Waals surface area contributed by atoms with Gasteiger partial charge in [0.25, 0.3) is 5.91 Å². The van der Waals surface area contributed by atoms with Crippen LogP contribution in [0.2, 0.25) is 5.02 Å². The molecule has 1 heterocycles. The summed E-state index contributed by atoms with van der Waals surface area (Å²) >= 11 is 6.06. The fourth-order valence-electron chi connectivity index (χ4n) is 2.62. The molecular weight excluding hydrogens is 411 g/mol. The first-order valence-electron chi connectivity index (χ1n) is 8.75. The van der Waals surface area contributed by atoms with Crippen LogP contribution in [-0.2, 0) is 11.3 Å². The first-order chi connectivity index (χ1) is 14.4. The second-order valence-corrected chi connectivity index (χ2v) is 6.56. The lowest BCUT2D eigenvalue weighted by atomic mass is 10.1. The van der Waals surface area contributed by atoms with Crippen LogP contribution in [0.5, 0.6) is 5.75 Å². The Hall–Kier alpha value is -3.65. The molecule has 9 heteroatoms. The van der Waals surface area contributed by atoms with E-state index >= 15 is 0 Å². The summed E-state index contributed by atoms with van der Waals surface area (Å²) in [5, 5.41) is 10.1. The van der Waals surface area contributed by atoms with Crippen molar-refractivity contribution >= 4 is 34.9 Å². The van der Waals surface area contributed by atoms with E-state index in [4.69, 9.17) is 32.2 Å². The van der Waals surface area contributed by atoms with E-state index < -0.39 is 11.7 Å². The highest BCUT2D eigenvalue weighted by Gasteiger charge is 2.21. The molecule has 0 radical (unpaired) electrons. The van der Waals surface area contributed by atoms with Gasteiger partial charge in [0.15, 0.2) is 11.6 Å². The number of pyridine rings is 1. The average molecular weight is 429 g/mol. The quantitative estimate of drug-likeness (QED) is 0.401. The maximum absolute atomic E-state index is 15.0. The van der Waals surface area contributed by atoms with Gasteiger partial charge in [0.1, 0.15) is 12.4 Å². The van der Waals surface area contributed by atoms with Gasteiger partial charge in [-0.2, -0.15) is 0 Å². The summed E-state index contributed by atoms with van der Waals surface area (Å²) in [6.07, 6.45) is 1.28. The van der Waals surface area contributed by atoms with E-state index in [9.17, 15) is 9.18 Å². The molecule has 0 atom stereocenters. The highest BCUT2D eigenvalue weighted by Crippen LogP contribution is 2.29. The van der Waals surface area contributed by atoms with Gasteiger partial charge in [-0.3, -0.25) is 10.2 Å². The molecule has 0 spiro atoms. The van der Waals surface area contributed by atoms with Crippen LogP contribution in [0.4, 0.5) is 15.9 Å². The van der Waals surface area contributed by atoms with Crippen LogP contribution in [0.1, 0.15) is 21.5 Å². The van der Waals surface area contributed by atoms with Crippen molar-refractivity contribution in [2.24, 2.45) is 0 Å². The zero-order valence-corrected chi connectivity index (χ0v) is 16.7. The molecule has 0 saturated heterocycles. The summed E-state index contributed by atoms with van der Waals surface area (Å²) in [7, 11) is 1.31. The third-order valence-electron chi connectivity index (χ3n) is 4.15. The lowest BCUT2D eigenvalue weighted by Gasteiger charge is -2.13. The van der Waals surface area contributed by atoms with Gasteiger partial charge in [-0.1, -0.05) is 41.9 Å². The SMILES string of the molecule is COC(=N)c1cc(NC(=O)c2c(Cl)ccc(OCc3ccccc3)c2F)cnc1N. The summed E-state index contributed by atoms with van der Waals surface area (Å²) in [6.45, 7) is 0.130. The van der Waals surface area contributed by atoms with E-state index in [0.29, 0.717) is 0 Å². The first-order valence-corrected chi connectivity index (χ1v) is 9.13. The topological polar surface area (TPSA) is 110 Å². The summed E-state index contributed by atoms with van der Waals surface area (Å²) in [6, 6.07) is 13.4. The Balaban J connectivity index is 1.83. The third-order valence-corrected chi connectivity index (χ3v) is 4.46. The van der Waals surface area contributed by atoms with Gasteiger partial charge in [-0.05, 0) is 23.8 Å². The summed E-state index contributed by atoms with van der Waals surface area (Å²) < 4.78 is 25.3. The Morgan fingerprint density at radius 3 is 2.70 bits per heavy atom. The van der Waals surface area contributed by atoms with Crippen LogP contribution in [-0.4, -0.2) is 23.9 Å². The molecule has 3 aromatic rings. The van der Waals surface area contributed by atoms with Gasteiger partial charge in [0, 0.05) is 0 Å². The van der Waals surface area contributed by atoms with Gasteiger partial charge in [-0.15, -0.1) is 0 Å². The van der Waals surface area contributed by atoms with Crippen molar-refractivity contribution in [3.05, 3.63) is 82.3 Å². The molecule has 2 aromatic carbocycles. The number of carbonyl (C=O) groups excluding carboxylic acids is 1. The van der Waals surface area contributed by atoms with Gasteiger partial charge in [-0.25, -0.2) is 9.37 Å². The Morgan fingerprint density at radius 1 is 1.27 bits per heavy atom. The second-order valence-electron chi connectivity index (χ2n) is 6.15. The number of amides is 1. The molecule has 154 valence electrons. The number of aromatic nitrogens is 1. The number of methoxy groups -OCH3 is 1. The predicted molar refractivity (Wildman–Crippen MR) is 113 cm³/mol. The zero-order valence-electron chi connectivity index (χ0n) is 15.9. The number of rotatable bonds is 6. The van der Waals surface area contributed by atoms with Gasteiger partial charge < -0.3 is 20.5 Å². The monoisotopic (exact) mass is 428 g/mol. The molecule has 0 unspecified atom stereocenters. The number of nitrogen functional groups attached to an aromatic ring is 1. The van der Waals surface area contributed by atoms with Crippen molar-refractivity contribution in [3.8, 4) is 5.75 Å². The van der Waals surface area contributed by atoms with E-state index in [2.05, 4.69) is 10.3 Å². The van der Waals surface area contributed by atoms with Crippen molar-refractivity contribution in [3.63, 3.8) is 0 Å². The van der Waals surface area contributed by atoms with E-state index in [0.717, 1.165) is 5.56 Å². The number of benzene rings is 2. The average Bonchev–Trinajstić information content (AvgIpc) is 2.74. The summed E-state index contributed by atoms with van der Waals surface area (Å²) in [5.41, 5.74) is 6.56. The molecule has 0 saturated carbocycles. The largest absolute Gasteiger partial charge is 0.486 e. The number of ether oxygens (including phenoxy) is 2. The Kier molecular flexibility index (Phi) is 6.48. The molecule has 0 aliphatic heterocycles. The Bertz CT molecular complexity index is 1090. The number of carbonyl (C=O) groups is 1. The highest BCUT2D eigenvalue weighted by atomic mass is 35.5. The number of nitrogens with zero attached hydrogens (tertiary/aromatic N) is 1. The smallest absolute Gasteiger partial charge is 0.260 e. The van der Waals surface area contributed by atoms with Gasteiger partial charge in [0.05, 0.1) is 35.1 Å². The molecule has 0 aliphatic carbocycles.